The first-order valence-electron chi connectivity index (χ1n) is 13.5. The first-order valence-corrected chi connectivity index (χ1v) is 13.9. The van der Waals surface area contributed by atoms with Gasteiger partial charge in [-0.1, -0.05) is 18.5 Å². The van der Waals surface area contributed by atoms with Gasteiger partial charge in [-0.25, -0.2) is 0 Å². The third-order valence-electron chi connectivity index (χ3n) is 7.55. The molecule has 1 atom stereocenters. The van der Waals surface area contributed by atoms with E-state index < -0.39 is 0 Å². The van der Waals surface area contributed by atoms with Gasteiger partial charge < -0.3 is 35.1 Å². The molecule has 4 heterocycles. The molecular formula is C27H36ClN7O4. The number of amides is 1. The van der Waals surface area contributed by atoms with Gasteiger partial charge in [-0.15, -0.1) is 0 Å². The van der Waals surface area contributed by atoms with Gasteiger partial charge in [-0.2, -0.15) is 9.97 Å². The van der Waals surface area contributed by atoms with Crippen LogP contribution in [0.5, 0.6) is 5.75 Å². The third kappa shape index (κ3) is 6.06. The van der Waals surface area contributed by atoms with Gasteiger partial charge in [-0.05, 0) is 37.5 Å². The number of piperidine rings is 1. The van der Waals surface area contributed by atoms with Crippen molar-refractivity contribution in [2.75, 3.05) is 63.7 Å². The topological polar surface area (TPSA) is 128 Å². The van der Waals surface area contributed by atoms with Gasteiger partial charge in [0.2, 0.25) is 5.95 Å². The molecule has 1 aromatic carbocycles. The lowest BCUT2D eigenvalue weighted by Gasteiger charge is -2.40. The Morgan fingerprint density at radius 2 is 2.03 bits per heavy atom. The minimum Gasteiger partial charge on any atom is -0.495 e. The molecule has 39 heavy (non-hydrogen) atoms. The third-order valence-corrected chi connectivity index (χ3v) is 7.84. The number of halogens is 1. The summed E-state index contributed by atoms with van der Waals surface area (Å²) in [5, 5.41) is 17.3. The van der Waals surface area contributed by atoms with Crippen LogP contribution in [0.1, 0.15) is 36.5 Å². The van der Waals surface area contributed by atoms with Gasteiger partial charge in [0.15, 0.2) is 0 Å². The van der Waals surface area contributed by atoms with Crippen LogP contribution >= 0.6 is 11.6 Å². The molecule has 5 rings (SSSR count). The molecule has 0 bridgehead atoms. The zero-order valence-corrected chi connectivity index (χ0v) is 23.1. The fourth-order valence-electron chi connectivity index (χ4n) is 5.23. The Morgan fingerprint density at radius 3 is 2.72 bits per heavy atom. The zero-order chi connectivity index (χ0) is 27.4. The normalized spacial score (nSPS) is 17.8. The van der Waals surface area contributed by atoms with E-state index in [-0.39, 0.29) is 18.6 Å². The van der Waals surface area contributed by atoms with Gasteiger partial charge in [0.1, 0.15) is 17.2 Å². The van der Waals surface area contributed by atoms with Crippen molar-refractivity contribution in [1.29, 1.82) is 0 Å². The predicted octanol–water partition coefficient (Wildman–Crippen LogP) is 3.48. The summed E-state index contributed by atoms with van der Waals surface area (Å²) >= 11 is 6.37. The fraction of sp³-hybridized carbons (Fsp3) is 0.519. The number of nitrogens with one attached hydrogen (secondary N) is 3. The maximum absolute atomic E-state index is 13.3. The summed E-state index contributed by atoms with van der Waals surface area (Å²) in [7, 11) is 1.57. The summed E-state index contributed by atoms with van der Waals surface area (Å²) in [6.07, 6.45) is 4.30. The van der Waals surface area contributed by atoms with Crippen LogP contribution < -0.4 is 15.4 Å². The molecule has 210 valence electrons. The Hall–Kier alpha value is -3.12. The quantitative estimate of drug-likeness (QED) is 0.312. The molecule has 4 N–H and O–H groups in total. The summed E-state index contributed by atoms with van der Waals surface area (Å²) in [5.41, 5.74) is 1.75. The molecule has 2 aliphatic heterocycles. The number of aliphatic hydroxyl groups excluding tert-OH is 1. The number of ether oxygens (including phenoxy) is 2. The maximum Gasteiger partial charge on any atom is 0.253 e. The molecule has 2 aromatic heterocycles. The van der Waals surface area contributed by atoms with E-state index in [9.17, 15) is 9.90 Å². The molecule has 0 spiro atoms. The van der Waals surface area contributed by atoms with Crippen molar-refractivity contribution in [3.8, 4) is 5.75 Å². The van der Waals surface area contributed by atoms with Crippen LogP contribution in [0.25, 0.3) is 11.0 Å². The van der Waals surface area contributed by atoms with Gasteiger partial charge in [0.05, 0.1) is 49.1 Å². The Bertz CT molecular complexity index is 1280. The van der Waals surface area contributed by atoms with Crippen molar-refractivity contribution in [3.05, 3.63) is 35.0 Å². The van der Waals surface area contributed by atoms with Gasteiger partial charge >= 0.3 is 0 Å². The van der Waals surface area contributed by atoms with Gasteiger partial charge in [0.25, 0.3) is 5.91 Å². The highest BCUT2D eigenvalue weighted by molar-refractivity contribution is 6.36. The molecule has 0 radical (unpaired) electrons. The second-order valence-electron chi connectivity index (χ2n) is 9.90. The molecule has 2 saturated heterocycles. The lowest BCUT2D eigenvalue weighted by atomic mass is 10.0. The Labute approximate surface area is 232 Å². The number of anilines is 3. The Morgan fingerprint density at radius 1 is 1.26 bits per heavy atom. The lowest BCUT2D eigenvalue weighted by Crippen LogP contribution is -2.50. The van der Waals surface area contributed by atoms with Crippen molar-refractivity contribution in [3.63, 3.8) is 0 Å². The summed E-state index contributed by atoms with van der Waals surface area (Å²) < 4.78 is 11.1. The van der Waals surface area contributed by atoms with Crippen LogP contribution in [0, 0.1) is 0 Å². The number of methoxy groups -OCH3 is 1. The van der Waals surface area contributed by atoms with Crippen LogP contribution in [0.2, 0.25) is 5.02 Å². The molecule has 3 aromatic rings. The van der Waals surface area contributed by atoms with Crippen LogP contribution in [-0.2, 0) is 4.74 Å². The number of carbonyl (C=O) groups is 1. The second-order valence-corrected chi connectivity index (χ2v) is 10.3. The van der Waals surface area contributed by atoms with E-state index in [2.05, 4.69) is 30.5 Å². The van der Waals surface area contributed by atoms with E-state index in [0.717, 1.165) is 52.2 Å². The van der Waals surface area contributed by atoms with Crippen molar-refractivity contribution in [2.45, 2.75) is 38.3 Å². The van der Waals surface area contributed by atoms with E-state index in [1.165, 1.54) is 0 Å². The standard InChI is InChI=1S/C27H36ClN7O4/c1-3-18(16-36)30-25-23-20(28)15-29-24(23)32-27(33-25)31-21-5-4-17(14-22(21)38-2)26(37)35-8-6-19(7-9-35)34-10-12-39-13-11-34/h4-5,14-15,18-19,36H,3,6-13,16H2,1-2H3,(H3,29,30,31,32,33)/t18-/m1/s1. The number of nitrogens with zero attached hydrogens (tertiary/aromatic N) is 4. The second kappa shape index (κ2) is 12.4. The molecule has 0 aliphatic carbocycles. The first-order chi connectivity index (χ1) is 19.0. The van der Waals surface area contributed by atoms with E-state index >= 15 is 0 Å². The molecule has 12 heteroatoms. The Kier molecular flexibility index (Phi) is 8.71. The van der Waals surface area contributed by atoms with E-state index in [1.807, 2.05) is 11.8 Å². The van der Waals surface area contributed by atoms with Crippen molar-refractivity contribution >= 4 is 46.0 Å². The minimum atomic E-state index is -0.180. The highest BCUT2D eigenvalue weighted by atomic mass is 35.5. The van der Waals surface area contributed by atoms with Crippen LogP contribution in [0.15, 0.2) is 24.4 Å². The zero-order valence-electron chi connectivity index (χ0n) is 22.4. The lowest BCUT2D eigenvalue weighted by molar-refractivity contribution is 0.00159. The van der Waals surface area contributed by atoms with Crippen molar-refractivity contribution in [2.24, 2.45) is 0 Å². The number of aromatic amines is 1. The summed E-state index contributed by atoms with van der Waals surface area (Å²) in [6, 6.07) is 5.68. The molecule has 2 aliphatic rings. The average molecular weight is 558 g/mol. The number of aromatic nitrogens is 3. The number of H-pyrrole nitrogens is 1. The number of fused-ring (bicyclic) bond motifs is 1. The van der Waals surface area contributed by atoms with Crippen molar-refractivity contribution < 1.29 is 19.4 Å². The SMILES string of the molecule is CC[C@H](CO)Nc1nc(Nc2ccc(C(=O)N3CCC(N4CCOCC4)CC3)cc2OC)nc2[nH]cc(Cl)c12. The summed E-state index contributed by atoms with van der Waals surface area (Å²) in [5.74, 6) is 1.34. The molecular weight excluding hydrogens is 522 g/mol. The molecule has 1 amide bonds. The van der Waals surface area contributed by atoms with E-state index in [0.29, 0.717) is 57.3 Å². The number of likely N-dealkylation sites (tertiary alicyclic amines) is 1. The number of aliphatic hydroxyl groups is 1. The van der Waals surface area contributed by atoms with E-state index in [4.69, 9.17) is 21.1 Å². The Balaban J connectivity index is 1.30. The number of carbonyl (C=O) groups excluding carboxylic acids is 1. The highest BCUT2D eigenvalue weighted by Crippen LogP contribution is 2.33. The number of benzene rings is 1. The minimum absolute atomic E-state index is 0.0000664. The van der Waals surface area contributed by atoms with Gasteiger partial charge in [-0.3, -0.25) is 9.69 Å². The van der Waals surface area contributed by atoms with Crippen molar-refractivity contribution in [1.82, 2.24) is 24.8 Å². The van der Waals surface area contributed by atoms with Crippen LogP contribution in [-0.4, -0.2) is 101 Å². The average Bonchev–Trinajstić information content (AvgIpc) is 3.36. The maximum atomic E-state index is 13.3. The van der Waals surface area contributed by atoms with E-state index in [1.54, 1.807) is 31.5 Å². The summed E-state index contributed by atoms with van der Waals surface area (Å²) in [4.78, 5) is 30.0. The summed E-state index contributed by atoms with van der Waals surface area (Å²) in [6.45, 7) is 6.92. The monoisotopic (exact) mass is 557 g/mol. The molecule has 0 unspecified atom stereocenters. The number of morpholine rings is 1. The largest absolute Gasteiger partial charge is 0.495 e. The molecule has 0 saturated carbocycles. The van der Waals surface area contributed by atoms with Crippen LogP contribution in [0.3, 0.4) is 0 Å². The number of rotatable bonds is 9. The smallest absolute Gasteiger partial charge is 0.253 e. The van der Waals surface area contributed by atoms with Gasteiger partial charge in [0, 0.05) is 44.0 Å². The molecule has 11 nitrogen and oxygen atoms in total. The molecule has 2 fully saturated rings. The number of hydrogen-bond acceptors (Lipinski definition) is 9. The predicted molar refractivity (Wildman–Crippen MR) is 151 cm³/mol. The van der Waals surface area contributed by atoms with Crippen LogP contribution in [0.4, 0.5) is 17.5 Å². The fourth-order valence-corrected chi connectivity index (χ4v) is 5.47. The number of hydrogen-bond donors (Lipinski definition) is 4. The first kappa shape index (κ1) is 27.4. The highest BCUT2D eigenvalue weighted by Gasteiger charge is 2.28.